The normalized spacial score (nSPS) is 14.0. The summed E-state index contributed by atoms with van der Waals surface area (Å²) in [6.45, 7) is 0. The largest absolute Gasteiger partial charge is 0.457 e. The molecule has 0 fully saturated rings. The van der Waals surface area contributed by atoms with Gasteiger partial charge in [0.1, 0.15) is 11.5 Å². The highest BCUT2D eigenvalue weighted by Gasteiger charge is 2.50. The van der Waals surface area contributed by atoms with E-state index in [1.165, 1.54) is 44.5 Å². The van der Waals surface area contributed by atoms with E-state index < -0.39 is 5.41 Å². The maximum atomic E-state index is 6.59. The first-order valence-corrected chi connectivity index (χ1v) is 12.9. The predicted molar refractivity (Wildman–Crippen MR) is 152 cm³/mol. The summed E-state index contributed by atoms with van der Waals surface area (Å²) >= 11 is 6.59. The van der Waals surface area contributed by atoms with Gasteiger partial charge in [0.15, 0.2) is 0 Å². The smallest absolute Gasteiger partial charge is 0.132 e. The molecule has 0 N–H and O–H groups in total. The molecule has 174 valence electrons. The van der Waals surface area contributed by atoms with E-state index in [0.717, 1.165) is 27.3 Å². The standard InChI is InChI=1S/C35H21ClO/c36-32-16-8-11-24-23(10-7-12-27(24)32)22-19-20-26-25-9-1-2-13-28(25)35(31(26)21-22)29-14-3-5-17-33(29)37-34-18-6-4-15-30(34)35/h1-21H. The van der Waals surface area contributed by atoms with E-state index >= 15 is 0 Å². The lowest BCUT2D eigenvalue weighted by Gasteiger charge is -2.39. The van der Waals surface area contributed by atoms with Crippen LogP contribution in [0.2, 0.25) is 5.02 Å². The number of halogens is 1. The van der Waals surface area contributed by atoms with E-state index in [9.17, 15) is 0 Å². The van der Waals surface area contributed by atoms with Crippen LogP contribution >= 0.6 is 11.6 Å². The number of hydrogen-bond donors (Lipinski definition) is 0. The molecule has 0 atom stereocenters. The summed E-state index contributed by atoms with van der Waals surface area (Å²) < 4.78 is 6.47. The van der Waals surface area contributed by atoms with Crippen molar-refractivity contribution in [3.05, 3.63) is 155 Å². The summed E-state index contributed by atoms with van der Waals surface area (Å²) in [4.78, 5) is 0. The second kappa shape index (κ2) is 7.59. The van der Waals surface area contributed by atoms with Crippen LogP contribution in [0.15, 0.2) is 127 Å². The van der Waals surface area contributed by atoms with Crippen LogP contribution in [-0.4, -0.2) is 0 Å². The molecule has 0 aromatic heterocycles. The quantitative estimate of drug-likeness (QED) is 0.221. The van der Waals surface area contributed by atoms with Crippen molar-refractivity contribution in [3.63, 3.8) is 0 Å². The minimum atomic E-state index is -0.463. The number of hydrogen-bond acceptors (Lipinski definition) is 1. The molecule has 0 unspecified atom stereocenters. The first kappa shape index (κ1) is 20.8. The van der Waals surface area contributed by atoms with Gasteiger partial charge < -0.3 is 4.74 Å². The van der Waals surface area contributed by atoms with Crippen LogP contribution in [0.25, 0.3) is 33.0 Å². The first-order chi connectivity index (χ1) is 18.3. The van der Waals surface area contributed by atoms with Crippen molar-refractivity contribution in [2.75, 3.05) is 0 Å². The monoisotopic (exact) mass is 492 g/mol. The summed E-state index contributed by atoms with van der Waals surface area (Å²) in [5.41, 5.74) is 9.38. The molecule has 1 spiro atoms. The van der Waals surface area contributed by atoms with Gasteiger partial charge in [-0.05, 0) is 63.0 Å². The average molecular weight is 493 g/mol. The minimum Gasteiger partial charge on any atom is -0.457 e. The summed E-state index contributed by atoms with van der Waals surface area (Å²) in [5, 5.41) is 3.01. The number of para-hydroxylation sites is 2. The fourth-order valence-electron chi connectivity index (χ4n) is 6.55. The fraction of sp³-hybridized carbons (Fsp3) is 0.0286. The molecule has 1 aliphatic heterocycles. The Morgan fingerprint density at radius 3 is 1.84 bits per heavy atom. The van der Waals surface area contributed by atoms with Crippen LogP contribution in [0.4, 0.5) is 0 Å². The SMILES string of the molecule is Clc1cccc2c(-c3ccc4c(c3)C3(c5ccccc5Oc5ccccc53)c3ccccc3-4)cccc12. The van der Waals surface area contributed by atoms with Gasteiger partial charge in [-0.2, -0.15) is 0 Å². The summed E-state index contributed by atoms with van der Waals surface area (Å²) in [6.07, 6.45) is 0. The molecule has 2 aliphatic rings. The summed E-state index contributed by atoms with van der Waals surface area (Å²) in [7, 11) is 0. The van der Waals surface area contributed by atoms with Crippen LogP contribution in [0, 0.1) is 0 Å². The van der Waals surface area contributed by atoms with E-state index in [0.29, 0.717) is 0 Å². The Morgan fingerprint density at radius 1 is 0.459 bits per heavy atom. The van der Waals surface area contributed by atoms with Crippen LogP contribution in [0.1, 0.15) is 22.3 Å². The first-order valence-electron chi connectivity index (χ1n) is 12.6. The Bertz CT molecular complexity index is 1840. The molecule has 6 aromatic carbocycles. The van der Waals surface area contributed by atoms with E-state index in [2.05, 4.69) is 115 Å². The Balaban J connectivity index is 1.50. The number of benzene rings is 6. The molecular weight excluding hydrogens is 472 g/mol. The van der Waals surface area contributed by atoms with E-state index in [1.807, 2.05) is 12.1 Å². The molecule has 6 aromatic rings. The van der Waals surface area contributed by atoms with E-state index in [4.69, 9.17) is 16.3 Å². The third-order valence-corrected chi connectivity index (χ3v) is 8.36. The van der Waals surface area contributed by atoms with Crippen LogP contribution in [0.5, 0.6) is 11.5 Å². The van der Waals surface area contributed by atoms with Gasteiger partial charge in [-0.15, -0.1) is 0 Å². The number of ether oxygens (including phenoxy) is 1. The summed E-state index contributed by atoms with van der Waals surface area (Å²) in [6, 6.07) is 45.3. The van der Waals surface area contributed by atoms with Crippen molar-refractivity contribution in [2.24, 2.45) is 0 Å². The van der Waals surface area contributed by atoms with Gasteiger partial charge in [0.25, 0.3) is 0 Å². The van der Waals surface area contributed by atoms with Crippen molar-refractivity contribution in [3.8, 4) is 33.8 Å². The van der Waals surface area contributed by atoms with Crippen LogP contribution in [-0.2, 0) is 5.41 Å². The van der Waals surface area contributed by atoms with Gasteiger partial charge in [-0.25, -0.2) is 0 Å². The molecule has 0 bridgehead atoms. The zero-order valence-corrected chi connectivity index (χ0v) is 20.7. The van der Waals surface area contributed by atoms with Gasteiger partial charge in [-0.1, -0.05) is 115 Å². The van der Waals surface area contributed by atoms with Crippen LogP contribution in [0.3, 0.4) is 0 Å². The zero-order valence-electron chi connectivity index (χ0n) is 19.9. The molecule has 2 heteroatoms. The van der Waals surface area contributed by atoms with Crippen molar-refractivity contribution < 1.29 is 4.74 Å². The minimum absolute atomic E-state index is 0.463. The molecule has 1 nitrogen and oxygen atoms in total. The highest BCUT2D eigenvalue weighted by molar-refractivity contribution is 6.35. The maximum absolute atomic E-state index is 6.59. The molecule has 37 heavy (non-hydrogen) atoms. The molecule has 1 aliphatic carbocycles. The Kier molecular flexibility index (Phi) is 4.27. The third-order valence-electron chi connectivity index (χ3n) is 8.03. The number of fused-ring (bicyclic) bond motifs is 10. The van der Waals surface area contributed by atoms with Gasteiger partial charge in [0.2, 0.25) is 0 Å². The van der Waals surface area contributed by atoms with Gasteiger partial charge in [0.05, 0.1) is 5.41 Å². The fourth-order valence-corrected chi connectivity index (χ4v) is 6.78. The molecule has 1 heterocycles. The molecular formula is C35H21ClO. The zero-order chi connectivity index (χ0) is 24.6. The van der Waals surface area contributed by atoms with E-state index in [-0.39, 0.29) is 0 Å². The van der Waals surface area contributed by atoms with Gasteiger partial charge in [-0.3, -0.25) is 0 Å². The highest BCUT2D eigenvalue weighted by atomic mass is 35.5. The Labute approximate surface area is 220 Å². The molecule has 0 radical (unpaired) electrons. The van der Waals surface area contributed by atoms with Gasteiger partial charge >= 0.3 is 0 Å². The van der Waals surface area contributed by atoms with Crippen molar-refractivity contribution >= 4 is 22.4 Å². The second-order valence-corrected chi connectivity index (χ2v) is 10.2. The Hall–Kier alpha value is -4.33. The second-order valence-electron chi connectivity index (χ2n) is 9.79. The molecule has 0 amide bonds. The van der Waals surface area contributed by atoms with E-state index in [1.54, 1.807) is 0 Å². The van der Waals surface area contributed by atoms with Crippen molar-refractivity contribution in [1.82, 2.24) is 0 Å². The third kappa shape index (κ3) is 2.70. The number of rotatable bonds is 1. The van der Waals surface area contributed by atoms with Crippen molar-refractivity contribution in [2.45, 2.75) is 5.41 Å². The summed E-state index contributed by atoms with van der Waals surface area (Å²) in [5.74, 6) is 1.82. The van der Waals surface area contributed by atoms with Crippen LogP contribution < -0.4 is 4.74 Å². The van der Waals surface area contributed by atoms with Crippen molar-refractivity contribution in [1.29, 1.82) is 0 Å². The lowest BCUT2D eigenvalue weighted by Crippen LogP contribution is -2.32. The van der Waals surface area contributed by atoms with Gasteiger partial charge in [0, 0.05) is 21.5 Å². The maximum Gasteiger partial charge on any atom is 0.132 e. The molecule has 0 saturated carbocycles. The topological polar surface area (TPSA) is 9.23 Å². The Morgan fingerprint density at radius 2 is 1.05 bits per heavy atom. The average Bonchev–Trinajstić information content (AvgIpc) is 3.24. The lowest BCUT2D eigenvalue weighted by molar-refractivity contribution is 0.436. The molecule has 8 rings (SSSR count). The highest BCUT2D eigenvalue weighted by Crippen LogP contribution is 2.62. The predicted octanol–water partition coefficient (Wildman–Crippen LogP) is 9.63. The molecule has 0 saturated heterocycles. The lowest BCUT2D eigenvalue weighted by atomic mass is 9.66.